The number of hydrogen-bond donors (Lipinski definition) is 2. The van der Waals surface area contributed by atoms with Crippen molar-refractivity contribution in [3.8, 4) is 5.88 Å². The molecular weight excluding hydrogens is 368 g/mol. The summed E-state index contributed by atoms with van der Waals surface area (Å²) in [6.07, 6.45) is 6.45. The van der Waals surface area contributed by atoms with Gasteiger partial charge in [0.1, 0.15) is 0 Å². The molecule has 0 aliphatic heterocycles. The first-order valence-corrected chi connectivity index (χ1v) is 10.2. The largest absolute Gasteiger partial charge is 0.467 e. The molecule has 4 bridgehead atoms. The number of hydrogen-bond acceptors (Lipinski definition) is 4. The molecule has 0 atom stereocenters. The molecule has 5 saturated carbocycles. The van der Waals surface area contributed by atoms with Gasteiger partial charge >= 0.3 is 5.69 Å². The molecule has 1 aromatic heterocycles. The van der Waals surface area contributed by atoms with Crippen LogP contribution >= 0.6 is 0 Å². The van der Waals surface area contributed by atoms with Crippen LogP contribution in [0.1, 0.15) is 63.0 Å². The van der Waals surface area contributed by atoms with Crippen molar-refractivity contribution in [3.63, 3.8) is 0 Å². The lowest BCUT2D eigenvalue weighted by molar-refractivity contribution is -0.128. The number of ether oxygens (including phenoxy) is 1. The summed E-state index contributed by atoms with van der Waals surface area (Å²) in [5.74, 6) is -1.10. The third kappa shape index (κ3) is 3.42. The van der Waals surface area contributed by atoms with E-state index in [0.29, 0.717) is 5.69 Å². The second-order valence-corrected chi connectivity index (χ2v) is 9.48. The Bertz CT molecular complexity index is 810. The minimum atomic E-state index is -2.68. The van der Waals surface area contributed by atoms with Gasteiger partial charge in [-0.3, -0.25) is 4.79 Å². The van der Waals surface area contributed by atoms with E-state index in [-0.39, 0.29) is 36.8 Å². The van der Waals surface area contributed by atoms with Gasteiger partial charge in [-0.2, -0.15) is 4.98 Å². The summed E-state index contributed by atoms with van der Waals surface area (Å²) in [6.45, 7) is -0.224. The fraction of sp³-hybridized carbons (Fsp3) is 0.750. The van der Waals surface area contributed by atoms with Crippen molar-refractivity contribution in [2.45, 2.75) is 68.7 Å². The summed E-state index contributed by atoms with van der Waals surface area (Å²) in [5, 5.41) is 3.20. The Labute approximate surface area is 161 Å². The second-order valence-electron chi connectivity index (χ2n) is 9.48. The lowest BCUT2D eigenvalue weighted by Crippen LogP contribution is -2.60. The summed E-state index contributed by atoms with van der Waals surface area (Å²) in [6, 6.07) is 1.46. The molecule has 0 saturated heterocycles. The average molecular weight is 393 g/mol. The molecule has 6 nitrogen and oxygen atoms in total. The number of aromatic amines is 1. The molecule has 6 rings (SSSR count). The second kappa shape index (κ2) is 6.26. The zero-order valence-corrected chi connectivity index (χ0v) is 15.7. The quantitative estimate of drug-likeness (QED) is 0.806. The predicted octanol–water partition coefficient (Wildman–Crippen LogP) is 2.75. The van der Waals surface area contributed by atoms with Gasteiger partial charge in [0.25, 0.3) is 5.91 Å². The van der Waals surface area contributed by atoms with Crippen molar-refractivity contribution in [3.05, 3.63) is 22.2 Å². The van der Waals surface area contributed by atoms with Crippen molar-refractivity contribution in [1.82, 2.24) is 15.3 Å². The molecule has 2 N–H and O–H groups in total. The van der Waals surface area contributed by atoms with E-state index in [1.54, 1.807) is 0 Å². The normalized spacial score (nSPS) is 35.4. The Morgan fingerprint density at radius 2 is 1.75 bits per heavy atom. The number of rotatable bonds is 5. The Hall–Kier alpha value is -1.99. The van der Waals surface area contributed by atoms with Crippen molar-refractivity contribution in [1.29, 1.82) is 0 Å². The van der Waals surface area contributed by atoms with E-state index in [2.05, 4.69) is 15.3 Å². The summed E-state index contributed by atoms with van der Waals surface area (Å²) in [5.41, 5.74) is -0.356. The zero-order chi connectivity index (χ0) is 19.5. The Morgan fingerprint density at radius 1 is 1.14 bits per heavy atom. The van der Waals surface area contributed by atoms with Crippen LogP contribution in [0.2, 0.25) is 0 Å². The third-order valence-corrected chi connectivity index (χ3v) is 7.07. The van der Waals surface area contributed by atoms with Gasteiger partial charge in [0.2, 0.25) is 11.8 Å². The van der Waals surface area contributed by atoms with Gasteiger partial charge in [0.15, 0.2) is 6.61 Å². The fourth-order valence-electron chi connectivity index (χ4n) is 6.36. The Morgan fingerprint density at radius 3 is 2.32 bits per heavy atom. The number of aromatic nitrogens is 2. The molecule has 0 aromatic carbocycles. The van der Waals surface area contributed by atoms with Gasteiger partial charge in [-0.1, -0.05) is 0 Å². The molecule has 1 heterocycles. The number of H-pyrrole nitrogens is 1. The maximum absolute atomic E-state index is 13.1. The van der Waals surface area contributed by atoms with E-state index in [4.69, 9.17) is 4.74 Å². The first-order valence-electron chi connectivity index (χ1n) is 10.2. The molecule has 8 heteroatoms. The predicted molar refractivity (Wildman–Crippen MR) is 96.3 cm³/mol. The van der Waals surface area contributed by atoms with E-state index >= 15 is 0 Å². The topological polar surface area (TPSA) is 84.1 Å². The van der Waals surface area contributed by atoms with Gasteiger partial charge in [0.05, 0.1) is 0 Å². The number of carbonyl (C=O) groups is 1. The summed E-state index contributed by atoms with van der Waals surface area (Å²) < 4.78 is 31.6. The average Bonchev–Trinajstić information content (AvgIpc) is 2.55. The maximum atomic E-state index is 13.1. The van der Waals surface area contributed by atoms with Crippen LogP contribution in [0.15, 0.2) is 10.9 Å². The monoisotopic (exact) mass is 393 g/mol. The first kappa shape index (κ1) is 18.1. The van der Waals surface area contributed by atoms with Gasteiger partial charge in [-0.15, -0.1) is 0 Å². The molecule has 152 valence electrons. The SMILES string of the molecule is O=C(COc1cc(C2CC(F)(F)C2)[nH]c(=O)n1)NC12CC3CC(CC(C3)C1)C2. The highest BCUT2D eigenvalue weighted by atomic mass is 19.3. The number of carbonyl (C=O) groups excluding carboxylic acids is 1. The van der Waals surface area contributed by atoms with Crippen LogP contribution in [-0.2, 0) is 4.79 Å². The van der Waals surface area contributed by atoms with Crippen LogP contribution in [0.25, 0.3) is 0 Å². The number of alkyl halides is 2. The highest BCUT2D eigenvalue weighted by Gasteiger charge is 2.51. The van der Waals surface area contributed by atoms with Gasteiger partial charge in [-0.05, 0) is 56.3 Å². The van der Waals surface area contributed by atoms with Crippen LogP contribution in [0.3, 0.4) is 0 Å². The van der Waals surface area contributed by atoms with E-state index in [1.165, 1.54) is 25.3 Å². The molecular formula is C20H25F2N3O3. The van der Waals surface area contributed by atoms with Crippen molar-refractivity contribution in [2.75, 3.05) is 6.61 Å². The Kier molecular flexibility index (Phi) is 4.04. The minimum absolute atomic E-state index is 0.00892. The highest BCUT2D eigenvalue weighted by Crippen LogP contribution is 2.55. The van der Waals surface area contributed by atoms with Crippen LogP contribution in [0.4, 0.5) is 8.78 Å². The lowest BCUT2D eigenvalue weighted by atomic mass is 9.53. The number of halogens is 2. The van der Waals surface area contributed by atoms with E-state index < -0.39 is 17.5 Å². The minimum Gasteiger partial charge on any atom is -0.467 e. The van der Waals surface area contributed by atoms with Crippen molar-refractivity contribution in [2.24, 2.45) is 17.8 Å². The third-order valence-electron chi connectivity index (χ3n) is 7.07. The standard InChI is InChI=1S/C20H25F2N3O3/c21-20(22)8-14(9-20)15-4-17(24-18(27)23-15)28-10-16(26)25-19-5-11-1-12(6-19)3-13(2-11)7-19/h4,11-14H,1-3,5-10H2,(H,25,26)(H,23,24,27). The highest BCUT2D eigenvalue weighted by molar-refractivity contribution is 5.78. The van der Waals surface area contributed by atoms with Crippen LogP contribution < -0.4 is 15.7 Å². The van der Waals surface area contributed by atoms with Gasteiger partial charge in [0, 0.05) is 36.1 Å². The van der Waals surface area contributed by atoms with Crippen LogP contribution in [0, 0.1) is 17.8 Å². The number of nitrogens with one attached hydrogen (secondary N) is 2. The van der Waals surface area contributed by atoms with Crippen LogP contribution in [0.5, 0.6) is 5.88 Å². The summed E-state index contributed by atoms with van der Waals surface area (Å²) in [4.78, 5) is 30.4. The number of amides is 1. The zero-order valence-electron chi connectivity index (χ0n) is 15.7. The first-order chi connectivity index (χ1) is 13.3. The van der Waals surface area contributed by atoms with Crippen LogP contribution in [-0.4, -0.2) is 33.9 Å². The molecule has 28 heavy (non-hydrogen) atoms. The van der Waals surface area contributed by atoms with Gasteiger partial charge < -0.3 is 15.0 Å². The fourth-order valence-corrected chi connectivity index (χ4v) is 6.36. The molecule has 1 amide bonds. The Balaban J connectivity index is 1.20. The summed E-state index contributed by atoms with van der Waals surface area (Å²) in [7, 11) is 0. The lowest BCUT2D eigenvalue weighted by Gasteiger charge is -2.56. The molecule has 0 spiro atoms. The van der Waals surface area contributed by atoms with Crippen molar-refractivity contribution >= 4 is 5.91 Å². The maximum Gasteiger partial charge on any atom is 0.348 e. The van der Waals surface area contributed by atoms with Gasteiger partial charge in [-0.25, -0.2) is 13.6 Å². The summed E-state index contributed by atoms with van der Waals surface area (Å²) >= 11 is 0. The van der Waals surface area contributed by atoms with Crippen molar-refractivity contribution < 1.29 is 18.3 Å². The smallest absolute Gasteiger partial charge is 0.348 e. The molecule has 0 radical (unpaired) electrons. The molecule has 5 aliphatic rings. The molecule has 1 aromatic rings. The molecule has 0 unspecified atom stereocenters. The van der Waals surface area contributed by atoms with E-state index in [0.717, 1.165) is 37.0 Å². The molecule has 5 fully saturated rings. The van der Waals surface area contributed by atoms with E-state index in [1.807, 2.05) is 0 Å². The van der Waals surface area contributed by atoms with E-state index in [9.17, 15) is 18.4 Å². The molecule has 5 aliphatic carbocycles. The number of nitrogens with zero attached hydrogens (tertiary/aromatic N) is 1.